The molecule has 1 N–H and O–H groups in total. The van der Waals surface area contributed by atoms with E-state index in [0.29, 0.717) is 12.2 Å². The highest BCUT2D eigenvalue weighted by Gasteiger charge is 2.09. The second kappa shape index (κ2) is 9.08. The summed E-state index contributed by atoms with van der Waals surface area (Å²) in [5.41, 5.74) is 3.22. The van der Waals surface area contributed by atoms with Crippen molar-refractivity contribution < 1.29 is 19.4 Å². The van der Waals surface area contributed by atoms with Gasteiger partial charge in [0.1, 0.15) is 19.0 Å². The maximum Gasteiger partial charge on any atom is 0.302 e. The summed E-state index contributed by atoms with van der Waals surface area (Å²) in [7, 11) is 0. The van der Waals surface area contributed by atoms with Gasteiger partial charge in [0, 0.05) is 12.5 Å². The van der Waals surface area contributed by atoms with Crippen molar-refractivity contribution in [2.24, 2.45) is 0 Å². The summed E-state index contributed by atoms with van der Waals surface area (Å²) in [5.74, 6) is 0.302. The molecule has 24 heavy (non-hydrogen) atoms. The quantitative estimate of drug-likeness (QED) is 0.754. The number of rotatable bonds is 8. The van der Waals surface area contributed by atoms with Crippen LogP contribution in [0.5, 0.6) is 5.75 Å². The number of carbonyl (C=O) groups is 1. The van der Waals surface area contributed by atoms with Gasteiger partial charge in [0.05, 0.1) is 6.10 Å². The van der Waals surface area contributed by atoms with E-state index in [2.05, 4.69) is 31.2 Å². The maximum absolute atomic E-state index is 10.9. The molecule has 0 aliphatic carbocycles. The summed E-state index contributed by atoms with van der Waals surface area (Å²) in [4.78, 5) is 10.9. The van der Waals surface area contributed by atoms with Gasteiger partial charge in [-0.25, -0.2) is 0 Å². The second-order valence-corrected chi connectivity index (χ2v) is 5.88. The predicted molar refractivity (Wildman–Crippen MR) is 92.9 cm³/mol. The van der Waals surface area contributed by atoms with Crippen molar-refractivity contribution in [2.75, 3.05) is 6.61 Å². The van der Waals surface area contributed by atoms with E-state index in [1.54, 1.807) is 0 Å². The summed E-state index contributed by atoms with van der Waals surface area (Å²) >= 11 is 0. The van der Waals surface area contributed by atoms with Gasteiger partial charge in [0.2, 0.25) is 0 Å². The SMILES string of the molecule is CC(=O)OCc1ccccc1OCC(O)CCc1ccc(C)cc1. The molecule has 4 heteroatoms. The molecule has 0 spiro atoms. The number of esters is 1. The molecule has 0 fully saturated rings. The Kier molecular flexibility index (Phi) is 6.82. The highest BCUT2D eigenvalue weighted by Crippen LogP contribution is 2.19. The molecule has 0 amide bonds. The third-order valence-corrected chi connectivity index (χ3v) is 3.72. The predicted octanol–water partition coefficient (Wildman–Crippen LogP) is 3.43. The Morgan fingerprint density at radius 1 is 1.12 bits per heavy atom. The molecule has 0 aliphatic heterocycles. The van der Waals surface area contributed by atoms with Crippen molar-refractivity contribution in [3.05, 3.63) is 65.2 Å². The van der Waals surface area contributed by atoms with Gasteiger partial charge in [-0.2, -0.15) is 0 Å². The zero-order valence-electron chi connectivity index (χ0n) is 14.2. The van der Waals surface area contributed by atoms with Gasteiger partial charge in [-0.05, 0) is 31.4 Å². The van der Waals surface area contributed by atoms with Gasteiger partial charge in [0.25, 0.3) is 0 Å². The first kappa shape index (κ1) is 18.0. The summed E-state index contributed by atoms with van der Waals surface area (Å²) in [5, 5.41) is 10.1. The number of hydrogen-bond donors (Lipinski definition) is 1. The van der Waals surface area contributed by atoms with Crippen LogP contribution in [-0.4, -0.2) is 23.8 Å². The molecule has 0 radical (unpaired) electrons. The molecule has 2 aromatic carbocycles. The van der Waals surface area contributed by atoms with Gasteiger partial charge >= 0.3 is 5.97 Å². The van der Waals surface area contributed by atoms with Crippen molar-refractivity contribution >= 4 is 5.97 Å². The van der Waals surface area contributed by atoms with Crippen molar-refractivity contribution in [3.8, 4) is 5.75 Å². The third kappa shape index (κ3) is 6.05. The number of carbonyl (C=O) groups excluding carboxylic acids is 1. The number of ether oxygens (including phenoxy) is 2. The van der Waals surface area contributed by atoms with Crippen molar-refractivity contribution in [1.29, 1.82) is 0 Å². The molecule has 2 rings (SSSR count). The fraction of sp³-hybridized carbons (Fsp3) is 0.350. The average molecular weight is 328 g/mol. The molecular formula is C20H24O4. The Hall–Kier alpha value is -2.33. The van der Waals surface area contributed by atoms with Crippen LogP contribution in [0.1, 0.15) is 30.0 Å². The van der Waals surface area contributed by atoms with E-state index in [0.717, 1.165) is 12.0 Å². The molecule has 0 aromatic heterocycles. The van der Waals surface area contributed by atoms with Crippen molar-refractivity contribution in [2.45, 2.75) is 39.4 Å². The molecule has 0 heterocycles. The first-order chi connectivity index (χ1) is 11.5. The van der Waals surface area contributed by atoms with Crippen LogP contribution in [-0.2, 0) is 22.6 Å². The highest BCUT2D eigenvalue weighted by molar-refractivity contribution is 5.66. The standard InChI is InChI=1S/C20H24O4/c1-15-7-9-17(10-8-15)11-12-19(22)14-24-20-6-4-3-5-18(20)13-23-16(2)21/h3-10,19,22H,11-14H2,1-2H3. The Balaban J connectivity index is 1.81. The van der Waals surface area contributed by atoms with Gasteiger partial charge in [-0.15, -0.1) is 0 Å². The normalized spacial score (nSPS) is 11.8. The highest BCUT2D eigenvalue weighted by atomic mass is 16.5. The molecule has 1 atom stereocenters. The van der Waals surface area contributed by atoms with Crippen LogP contribution in [0, 0.1) is 6.92 Å². The number of benzene rings is 2. The van der Waals surface area contributed by atoms with Crippen LogP contribution in [0.3, 0.4) is 0 Å². The van der Waals surface area contributed by atoms with E-state index in [1.807, 2.05) is 24.3 Å². The zero-order chi connectivity index (χ0) is 17.4. The van der Waals surface area contributed by atoms with Gasteiger partial charge in [0.15, 0.2) is 0 Å². The van der Waals surface area contributed by atoms with E-state index < -0.39 is 6.10 Å². The van der Waals surface area contributed by atoms with Crippen LogP contribution in [0.2, 0.25) is 0 Å². The lowest BCUT2D eigenvalue weighted by Gasteiger charge is -2.15. The van der Waals surface area contributed by atoms with E-state index >= 15 is 0 Å². The maximum atomic E-state index is 10.9. The average Bonchev–Trinajstić information content (AvgIpc) is 2.58. The Morgan fingerprint density at radius 2 is 1.83 bits per heavy atom. The minimum Gasteiger partial charge on any atom is -0.490 e. The lowest BCUT2D eigenvalue weighted by atomic mass is 10.1. The minimum atomic E-state index is -0.548. The molecule has 1 unspecified atom stereocenters. The molecular weight excluding hydrogens is 304 g/mol. The summed E-state index contributed by atoms with van der Waals surface area (Å²) < 4.78 is 10.7. The minimum absolute atomic E-state index is 0.172. The van der Waals surface area contributed by atoms with Gasteiger partial charge < -0.3 is 14.6 Å². The summed E-state index contributed by atoms with van der Waals surface area (Å²) in [6.45, 7) is 3.81. The number of para-hydroxylation sites is 1. The zero-order valence-corrected chi connectivity index (χ0v) is 14.2. The van der Waals surface area contributed by atoms with E-state index in [4.69, 9.17) is 9.47 Å². The molecule has 0 saturated heterocycles. The van der Waals surface area contributed by atoms with E-state index in [-0.39, 0.29) is 19.2 Å². The topological polar surface area (TPSA) is 55.8 Å². The molecule has 128 valence electrons. The molecule has 0 bridgehead atoms. The fourth-order valence-electron chi connectivity index (χ4n) is 2.30. The molecule has 0 aliphatic rings. The van der Waals surface area contributed by atoms with E-state index in [1.165, 1.54) is 18.1 Å². The summed E-state index contributed by atoms with van der Waals surface area (Å²) in [6.07, 6.45) is 0.891. The lowest BCUT2D eigenvalue weighted by Crippen LogP contribution is -2.19. The Bertz CT molecular complexity index is 649. The van der Waals surface area contributed by atoms with Crippen LogP contribution >= 0.6 is 0 Å². The van der Waals surface area contributed by atoms with Crippen molar-refractivity contribution in [3.63, 3.8) is 0 Å². The molecule has 2 aromatic rings. The van der Waals surface area contributed by atoms with Crippen molar-refractivity contribution in [1.82, 2.24) is 0 Å². The Labute approximate surface area is 143 Å². The molecule has 4 nitrogen and oxygen atoms in total. The van der Waals surface area contributed by atoms with Crippen LogP contribution in [0.25, 0.3) is 0 Å². The first-order valence-electron chi connectivity index (χ1n) is 8.12. The largest absolute Gasteiger partial charge is 0.490 e. The number of aryl methyl sites for hydroxylation is 2. The number of aliphatic hydroxyl groups is 1. The summed E-state index contributed by atoms with van der Waals surface area (Å²) in [6, 6.07) is 15.7. The molecule has 0 saturated carbocycles. The van der Waals surface area contributed by atoms with Crippen LogP contribution in [0.15, 0.2) is 48.5 Å². The van der Waals surface area contributed by atoms with E-state index in [9.17, 15) is 9.90 Å². The van der Waals surface area contributed by atoms with Gasteiger partial charge in [-0.1, -0.05) is 48.0 Å². The third-order valence-electron chi connectivity index (χ3n) is 3.72. The van der Waals surface area contributed by atoms with Crippen LogP contribution < -0.4 is 4.74 Å². The van der Waals surface area contributed by atoms with Gasteiger partial charge in [-0.3, -0.25) is 4.79 Å². The Morgan fingerprint density at radius 3 is 2.54 bits per heavy atom. The number of aliphatic hydroxyl groups excluding tert-OH is 1. The first-order valence-corrected chi connectivity index (χ1v) is 8.12. The second-order valence-electron chi connectivity index (χ2n) is 5.88. The fourth-order valence-corrected chi connectivity index (χ4v) is 2.30. The van der Waals surface area contributed by atoms with Crippen LogP contribution in [0.4, 0.5) is 0 Å². The monoisotopic (exact) mass is 328 g/mol. The smallest absolute Gasteiger partial charge is 0.302 e. The lowest BCUT2D eigenvalue weighted by molar-refractivity contribution is -0.142. The number of hydrogen-bond acceptors (Lipinski definition) is 4.